The molecule has 0 aliphatic heterocycles. The fourth-order valence-electron chi connectivity index (χ4n) is 3.68. The molecule has 1 amide bonds. The molecule has 2 aromatic heterocycles. The van der Waals surface area contributed by atoms with E-state index in [9.17, 15) is 4.79 Å². The second-order valence-electron chi connectivity index (χ2n) is 7.67. The average Bonchev–Trinajstić information content (AvgIpc) is 3.40. The molecule has 2 heterocycles. The lowest BCUT2D eigenvalue weighted by molar-refractivity contribution is -0.120. The van der Waals surface area contributed by atoms with Crippen LogP contribution < -0.4 is 5.32 Å². The normalized spacial score (nSPS) is 16.1. The zero-order valence-electron chi connectivity index (χ0n) is 16.5. The van der Waals surface area contributed by atoms with Gasteiger partial charge in [0.05, 0.1) is 5.25 Å². The molecule has 0 saturated heterocycles. The van der Waals surface area contributed by atoms with Crippen molar-refractivity contribution in [1.82, 2.24) is 20.1 Å². The van der Waals surface area contributed by atoms with Crippen LogP contribution in [0, 0.1) is 0 Å². The molecule has 1 aliphatic carbocycles. The SMILES string of the molecule is CC(C)n1c(S[C@@H](C)C(=O)NC2CCCC2)nnc1-c1cc2ccccc2o1. The molecule has 1 aliphatic rings. The fourth-order valence-corrected chi connectivity index (χ4v) is 4.67. The summed E-state index contributed by atoms with van der Waals surface area (Å²) in [5.74, 6) is 1.45. The Hall–Kier alpha value is -2.28. The lowest BCUT2D eigenvalue weighted by atomic mass is 10.2. The quantitative estimate of drug-likeness (QED) is 0.603. The molecule has 28 heavy (non-hydrogen) atoms. The largest absolute Gasteiger partial charge is 0.453 e. The summed E-state index contributed by atoms with van der Waals surface area (Å²) in [6.07, 6.45) is 4.58. The van der Waals surface area contributed by atoms with E-state index in [-0.39, 0.29) is 17.2 Å². The first-order valence-electron chi connectivity index (χ1n) is 9.94. The Labute approximate surface area is 169 Å². The van der Waals surface area contributed by atoms with Crippen LogP contribution in [0.5, 0.6) is 0 Å². The number of benzene rings is 1. The lowest BCUT2D eigenvalue weighted by Crippen LogP contribution is -2.37. The number of carbonyl (C=O) groups is 1. The van der Waals surface area contributed by atoms with Gasteiger partial charge in [0.15, 0.2) is 10.9 Å². The molecule has 0 radical (unpaired) electrons. The van der Waals surface area contributed by atoms with Gasteiger partial charge in [-0.25, -0.2) is 0 Å². The number of hydrogen-bond acceptors (Lipinski definition) is 5. The molecule has 1 atom stereocenters. The molecule has 148 valence electrons. The highest BCUT2D eigenvalue weighted by molar-refractivity contribution is 8.00. The van der Waals surface area contributed by atoms with Crippen molar-refractivity contribution in [1.29, 1.82) is 0 Å². The van der Waals surface area contributed by atoms with Crippen LogP contribution in [0.3, 0.4) is 0 Å². The van der Waals surface area contributed by atoms with Crippen LogP contribution in [0.15, 0.2) is 39.9 Å². The van der Waals surface area contributed by atoms with Crippen LogP contribution in [0.25, 0.3) is 22.6 Å². The zero-order valence-corrected chi connectivity index (χ0v) is 17.3. The molecule has 1 fully saturated rings. The number of para-hydroxylation sites is 1. The van der Waals surface area contributed by atoms with Crippen LogP contribution in [0.1, 0.15) is 52.5 Å². The van der Waals surface area contributed by atoms with Gasteiger partial charge in [0.2, 0.25) is 11.7 Å². The van der Waals surface area contributed by atoms with Crippen LogP contribution in [-0.2, 0) is 4.79 Å². The minimum atomic E-state index is -0.231. The molecular formula is C21H26N4O2S. The Morgan fingerprint density at radius 2 is 1.96 bits per heavy atom. The summed E-state index contributed by atoms with van der Waals surface area (Å²) < 4.78 is 8.03. The van der Waals surface area contributed by atoms with E-state index in [0.29, 0.717) is 17.6 Å². The number of rotatable bonds is 6. The van der Waals surface area contributed by atoms with E-state index in [4.69, 9.17) is 4.42 Å². The number of furan rings is 1. The van der Waals surface area contributed by atoms with Crippen molar-refractivity contribution in [2.75, 3.05) is 0 Å². The van der Waals surface area contributed by atoms with Gasteiger partial charge >= 0.3 is 0 Å². The molecule has 1 aromatic carbocycles. The second-order valence-corrected chi connectivity index (χ2v) is 8.98. The fraction of sp³-hybridized carbons (Fsp3) is 0.476. The van der Waals surface area contributed by atoms with E-state index in [1.165, 1.54) is 24.6 Å². The van der Waals surface area contributed by atoms with Gasteiger partial charge in [0, 0.05) is 17.5 Å². The molecule has 0 unspecified atom stereocenters. The van der Waals surface area contributed by atoms with Gasteiger partial charge in [-0.1, -0.05) is 42.8 Å². The number of fused-ring (bicyclic) bond motifs is 1. The lowest BCUT2D eigenvalue weighted by Gasteiger charge is -2.17. The van der Waals surface area contributed by atoms with E-state index in [1.54, 1.807) is 0 Å². The first-order chi connectivity index (χ1) is 13.5. The summed E-state index contributed by atoms with van der Waals surface area (Å²) in [5, 5.41) is 13.5. The minimum Gasteiger partial charge on any atom is -0.453 e. The minimum absolute atomic E-state index is 0.0699. The summed E-state index contributed by atoms with van der Waals surface area (Å²) in [4.78, 5) is 12.6. The standard InChI is InChI=1S/C21H26N4O2S/c1-13(2)25-19(18-12-15-8-4-7-11-17(15)27-18)23-24-21(25)28-14(3)20(26)22-16-9-5-6-10-16/h4,7-8,11-14,16H,5-6,9-10H2,1-3H3,(H,22,26)/t14-/m0/s1. The highest BCUT2D eigenvalue weighted by atomic mass is 32.2. The molecular weight excluding hydrogens is 372 g/mol. The highest BCUT2D eigenvalue weighted by Gasteiger charge is 2.25. The van der Waals surface area contributed by atoms with Gasteiger partial charge in [-0.3, -0.25) is 9.36 Å². The summed E-state index contributed by atoms with van der Waals surface area (Å²) in [6, 6.07) is 10.4. The van der Waals surface area contributed by atoms with Crippen molar-refractivity contribution in [2.24, 2.45) is 0 Å². The Balaban J connectivity index is 1.56. The van der Waals surface area contributed by atoms with Gasteiger partial charge in [-0.05, 0) is 45.7 Å². The molecule has 7 heteroatoms. The average molecular weight is 399 g/mol. The van der Waals surface area contributed by atoms with Gasteiger partial charge in [0.25, 0.3) is 0 Å². The van der Waals surface area contributed by atoms with Crippen molar-refractivity contribution in [3.8, 4) is 11.6 Å². The van der Waals surface area contributed by atoms with Gasteiger partial charge in [-0.2, -0.15) is 0 Å². The number of nitrogens with one attached hydrogen (secondary N) is 1. The summed E-state index contributed by atoms with van der Waals surface area (Å²) in [5.41, 5.74) is 0.828. The van der Waals surface area contributed by atoms with Crippen molar-refractivity contribution in [3.63, 3.8) is 0 Å². The van der Waals surface area contributed by atoms with E-state index in [2.05, 4.69) is 29.4 Å². The second kappa shape index (κ2) is 7.99. The number of nitrogens with zero attached hydrogens (tertiary/aromatic N) is 3. The Bertz CT molecular complexity index is 939. The Morgan fingerprint density at radius 1 is 1.21 bits per heavy atom. The monoisotopic (exact) mass is 398 g/mol. The number of thioether (sulfide) groups is 1. The molecule has 4 rings (SSSR count). The third-order valence-electron chi connectivity index (χ3n) is 5.18. The van der Waals surface area contributed by atoms with Gasteiger partial charge in [0.1, 0.15) is 5.58 Å². The number of hydrogen-bond donors (Lipinski definition) is 1. The predicted molar refractivity (Wildman–Crippen MR) is 111 cm³/mol. The van der Waals surface area contributed by atoms with E-state index in [0.717, 1.165) is 29.0 Å². The maximum Gasteiger partial charge on any atom is 0.233 e. The summed E-state index contributed by atoms with van der Waals surface area (Å²) >= 11 is 1.45. The molecule has 3 aromatic rings. The van der Waals surface area contributed by atoms with E-state index < -0.39 is 0 Å². The van der Waals surface area contributed by atoms with Gasteiger partial charge in [-0.15, -0.1) is 10.2 Å². The maximum atomic E-state index is 12.6. The van der Waals surface area contributed by atoms with Crippen LogP contribution in [0.2, 0.25) is 0 Å². The molecule has 6 nitrogen and oxygen atoms in total. The van der Waals surface area contributed by atoms with E-state index >= 15 is 0 Å². The van der Waals surface area contributed by atoms with E-state index in [1.807, 2.05) is 41.8 Å². The third kappa shape index (κ3) is 3.81. The van der Waals surface area contributed by atoms with Gasteiger partial charge < -0.3 is 9.73 Å². The van der Waals surface area contributed by atoms with Crippen molar-refractivity contribution >= 4 is 28.6 Å². The van der Waals surface area contributed by atoms with Crippen molar-refractivity contribution in [3.05, 3.63) is 30.3 Å². The molecule has 0 spiro atoms. The van der Waals surface area contributed by atoms with Crippen LogP contribution in [-0.4, -0.2) is 32.0 Å². The first-order valence-corrected chi connectivity index (χ1v) is 10.8. The predicted octanol–water partition coefficient (Wildman–Crippen LogP) is 4.81. The number of aromatic nitrogens is 3. The maximum absolute atomic E-state index is 12.6. The summed E-state index contributed by atoms with van der Waals surface area (Å²) in [7, 11) is 0. The molecule has 1 N–H and O–H groups in total. The Morgan fingerprint density at radius 3 is 2.68 bits per heavy atom. The summed E-state index contributed by atoms with van der Waals surface area (Å²) in [6.45, 7) is 6.10. The molecule has 1 saturated carbocycles. The van der Waals surface area contributed by atoms with Crippen LogP contribution in [0.4, 0.5) is 0 Å². The van der Waals surface area contributed by atoms with Crippen molar-refractivity contribution in [2.45, 2.75) is 68.9 Å². The first kappa shape index (κ1) is 19.1. The third-order valence-corrected chi connectivity index (χ3v) is 6.24. The number of amides is 1. The Kier molecular flexibility index (Phi) is 5.44. The molecule has 0 bridgehead atoms. The van der Waals surface area contributed by atoms with Crippen LogP contribution >= 0.6 is 11.8 Å². The highest BCUT2D eigenvalue weighted by Crippen LogP contribution is 2.33. The number of carbonyl (C=O) groups excluding carboxylic acids is 1. The smallest absolute Gasteiger partial charge is 0.233 e. The zero-order chi connectivity index (χ0) is 19.7. The van der Waals surface area contributed by atoms with Crippen molar-refractivity contribution < 1.29 is 9.21 Å². The topological polar surface area (TPSA) is 73.0 Å².